The second-order valence-electron chi connectivity index (χ2n) is 2.38. The molecule has 0 amide bonds. The molecule has 5 heteroatoms. The number of aromatic nitrogens is 2. The molecule has 60 valence electrons. The number of nitrogens with two attached hydrogens (primary N) is 2. The van der Waals surface area contributed by atoms with Crippen molar-refractivity contribution in [2.24, 2.45) is 12.8 Å². The van der Waals surface area contributed by atoms with Crippen LogP contribution in [0.4, 0.5) is 5.82 Å². The standard InChI is InChI=1S/C6H11N5/c1-3-4(5(7)8)6(9)11(2)10-3/h9H2,1-2H3,(H3,7,8). The molecule has 1 rings (SSSR count). The zero-order valence-corrected chi connectivity index (χ0v) is 6.55. The third-order valence-corrected chi connectivity index (χ3v) is 1.54. The van der Waals surface area contributed by atoms with E-state index in [-0.39, 0.29) is 5.84 Å². The number of nitrogen functional groups attached to an aromatic ring is 2. The lowest BCUT2D eigenvalue weighted by Gasteiger charge is -1.96. The molecular formula is C6H11N5. The average Bonchev–Trinajstić information content (AvgIpc) is 2.07. The second-order valence-corrected chi connectivity index (χ2v) is 2.38. The van der Waals surface area contributed by atoms with E-state index in [0.717, 1.165) is 0 Å². The number of amidine groups is 1. The number of nitrogens with zero attached hydrogens (tertiary/aromatic N) is 2. The van der Waals surface area contributed by atoms with Gasteiger partial charge in [-0.2, -0.15) is 5.10 Å². The third-order valence-electron chi connectivity index (χ3n) is 1.54. The van der Waals surface area contributed by atoms with Gasteiger partial charge in [0.15, 0.2) is 0 Å². The Balaban J connectivity index is 3.34. The summed E-state index contributed by atoms with van der Waals surface area (Å²) >= 11 is 0. The molecule has 1 heterocycles. The van der Waals surface area contributed by atoms with Crippen molar-refractivity contribution in [3.05, 3.63) is 11.3 Å². The van der Waals surface area contributed by atoms with Crippen molar-refractivity contribution in [1.82, 2.24) is 9.78 Å². The van der Waals surface area contributed by atoms with E-state index in [1.807, 2.05) is 0 Å². The lowest BCUT2D eigenvalue weighted by molar-refractivity contribution is 0.767. The lowest BCUT2D eigenvalue weighted by Crippen LogP contribution is -2.14. The number of hydrogen-bond acceptors (Lipinski definition) is 3. The van der Waals surface area contributed by atoms with Crippen LogP contribution in [0.25, 0.3) is 0 Å². The van der Waals surface area contributed by atoms with Gasteiger partial charge in [0, 0.05) is 7.05 Å². The second kappa shape index (κ2) is 2.26. The van der Waals surface area contributed by atoms with E-state index in [1.165, 1.54) is 4.68 Å². The van der Waals surface area contributed by atoms with Crippen LogP contribution in [0.5, 0.6) is 0 Å². The minimum Gasteiger partial charge on any atom is -0.384 e. The molecule has 1 aromatic heterocycles. The molecule has 0 radical (unpaired) electrons. The van der Waals surface area contributed by atoms with Crippen LogP contribution in [0.1, 0.15) is 11.3 Å². The van der Waals surface area contributed by atoms with E-state index in [9.17, 15) is 0 Å². The van der Waals surface area contributed by atoms with Crippen molar-refractivity contribution in [3.63, 3.8) is 0 Å². The molecular weight excluding hydrogens is 142 g/mol. The molecule has 0 aliphatic heterocycles. The summed E-state index contributed by atoms with van der Waals surface area (Å²) < 4.78 is 1.51. The first-order valence-corrected chi connectivity index (χ1v) is 3.17. The maximum absolute atomic E-state index is 7.17. The number of aryl methyl sites for hydroxylation is 2. The summed E-state index contributed by atoms with van der Waals surface area (Å²) in [5.74, 6) is 0.406. The Morgan fingerprint density at radius 2 is 2.18 bits per heavy atom. The number of rotatable bonds is 1. The largest absolute Gasteiger partial charge is 0.384 e. The predicted molar refractivity (Wildman–Crippen MR) is 43.4 cm³/mol. The first-order chi connectivity index (χ1) is 5.04. The summed E-state index contributed by atoms with van der Waals surface area (Å²) in [4.78, 5) is 0. The van der Waals surface area contributed by atoms with Crippen molar-refractivity contribution in [2.45, 2.75) is 6.92 Å². The number of nitrogens with one attached hydrogen (secondary N) is 1. The Kier molecular flexibility index (Phi) is 1.56. The Morgan fingerprint density at radius 1 is 1.64 bits per heavy atom. The fourth-order valence-electron chi connectivity index (χ4n) is 1.01. The Bertz CT molecular complexity index is 298. The van der Waals surface area contributed by atoms with Gasteiger partial charge in [-0.1, -0.05) is 0 Å². The summed E-state index contributed by atoms with van der Waals surface area (Å²) in [5, 5.41) is 11.2. The molecule has 0 bridgehead atoms. The quantitative estimate of drug-likeness (QED) is 0.378. The molecule has 11 heavy (non-hydrogen) atoms. The van der Waals surface area contributed by atoms with E-state index in [4.69, 9.17) is 16.9 Å². The van der Waals surface area contributed by atoms with Gasteiger partial charge >= 0.3 is 0 Å². The van der Waals surface area contributed by atoms with Crippen molar-refractivity contribution in [2.75, 3.05) is 5.73 Å². The predicted octanol–water partition coefficient (Wildman–Crippen LogP) is -0.405. The SMILES string of the molecule is Cc1nn(C)c(N)c1C(=N)N. The van der Waals surface area contributed by atoms with Gasteiger partial charge in [-0.05, 0) is 6.92 Å². The molecule has 0 atom stereocenters. The van der Waals surface area contributed by atoms with E-state index >= 15 is 0 Å². The smallest absolute Gasteiger partial charge is 0.132 e. The molecule has 0 saturated carbocycles. The molecule has 0 aliphatic rings. The maximum Gasteiger partial charge on any atom is 0.132 e. The van der Waals surface area contributed by atoms with Crippen LogP contribution >= 0.6 is 0 Å². The van der Waals surface area contributed by atoms with Crippen LogP contribution in [0.2, 0.25) is 0 Å². The third kappa shape index (κ3) is 1.04. The zero-order chi connectivity index (χ0) is 8.59. The van der Waals surface area contributed by atoms with Crippen molar-refractivity contribution >= 4 is 11.7 Å². The highest BCUT2D eigenvalue weighted by molar-refractivity contribution is 6.00. The van der Waals surface area contributed by atoms with Gasteiger partial charge in [-0.15, -0.1) is 0 Å². The van der Waals surface area contributed by atoms with E-state index in [0.29, 0.717) is 17.1 Å². The molecule has 5 N–H and O–H groups in total. The Morgan fingerprint density at radius 3 is 2.36 bits per heavy atom. The molecule has 5 nitrogen and oxygen atoms in total. The normalized spacial score (nSPS) is 10.0. The van der Waals surface area contributed by atoms with Gasteiger partial charge < -0.3 is 11.5 Å². The van der Waals surface area contributed by atoms with Crippen LogP contribution in [0.3, 0.4) is 0 Å². The summed E-state index contributed by atoms with van der Waals surface area (Å²) in [5.41, 5.74) is 12.1. The Hall–Kier alpha value is -1.52. The summed E-state index contributed by atoms with van der Waals surface area (Å²) in [6.45, 7) is 1.77. The van der Waals surface area contributed by atoms with Crippen molar-refractivity contribution in [3.8, 4) is 0 Å². The van der Waals surface area contributed by atoms with Gasteiger partial charge in [-0.25, -0.2) is 0 Å². The monoisotopic (exact) mass is 153 g/mol. The van der Waals surface area contributed by atoms with E-state index in [2.05, 4.69) is 5.10 Å². The summed E-state index contributed by atoms with van der Waals surface area (Å²) in [7, 11) is 1.72. The highest BCUT2D eigenvalue weighted by Crippen LogP contribution is 2.13. The van der Waals surface area contributed by atoms with Crippen molar-refractivity contribution in [1.29, 1.82) is 5.41 Å². The highest BCUT2D eigenvalue weighted by atomic mass is 15.3. The molecule has 0 aliphatic carbocycles. The number of anilines is 1. The lowest BCUT2D eigenvalue weighted by atomic mass is 10.2. The molecule has 0 fully saturated rings. The molecule has 0 saturated heterocycles. The van der Waals surface area contributed by atoms with Gasteiger partial charge in [-0.3, -0.25) is 10.1 Å². The minimum atomic E-state index is -0.0342. The fraction of sp³-hybridized carbons (Fsp3) is 0.333. The van der Waals surface area contributed by atoms with Gasteiger partial charge in [0.05, 0.1) is 11.3 Å². The zero-order valence-electron chi connectivity index (χ0n) is 6.55. The van der Waals surface area contributed by atoms with E-state index in [1.54, 1.807) is 14.0 Å². The van der Waals surface area contributed by atoms with Gasteiger partial charge in [0.25, 0.3) is 0 Å². The van der Waals surface area contributed by atoms with E-state index < -0.39 is 0 Å². The van der Waals surface area contributed by atoms with Gasteiger partial charge in [0.2, 0.25) is 0 Å². The number of hydrogen-bond donors (Lipinski definition) is 3. The van der Waals surface area contributed by atoms with Crippen LogP contribution in [-0.2, 0) is 7.05 Å². The van der Waals surface area contributed by atoms with Crippen LogP contribution < -0.4 is 11.5 Å². The van der Waals surface area contributed by atoms with Crippen LogP contribution in [0.15, 0.2) is 0 Å². The summed E-state index contributed by atoms with van der Waals surface area (Å²) in [6, 6.07) is 0. The van der Waals surface area contributed by atoms with Crippen LogP contribution in [0, 0.1) is 12.3 Å². The molecule has 0 spiro atoms. The maximum atomic E-state index is 7.17. The first-order valence-electron chi connectivity index (χ1n) is 3.17. The molecule has 0 unspecified atom stereocenters. The molecule has 1 aromatic rings. The fourth-order valence-corrected chi connectivity index (χ4v) is 1.01. The Labute approximate surface area is 64.5 Å². The molecule has 0 aromatic carbocycles. The highest BCUT2D eigenvalue weighted by Gasteiger charge is 2.11. The first kappa shape index (κ1) is 7.59. The average molecular weight is 153 g/mol. The summed E-state index contributed by atoms with van der Waals surface area (Å²) in [6.07, 6.45) is 0. The van der Waals surface area contributed by atoms with Crippen molar-refractivity contribution < 1.29 is 0 Å². The minimum absolute atomic E-state index is 0.0342. The van der Waals surface area contributed by atoms with Gasteiger partial charge in [0.1, 0.15) is 11.7 Å². The van der Waals surface area contributed by atoms with Crippen LogP contribution in [-0.4, -0.2) is 15.6 Å². The topological polar surface area (TPSA) is 93.7 Å².